The summed E-state index contributed by atoms with van der Waals surface area (Å²) in [4.78, 5) is 12.2. The number of alkyl halides is 3. The minimum atomic E-state index is -4.44. The third kappa shape index (κ3) is 3.75. The van der Waals surface area contributed by atoms with Gasteiger partial charge in [0.05, 0.1) is 6.26 Å². The number of benzene rings is 1. The molecule has 4 nitrogen and oxygen atoms in total. The van der Waals surface area contributed by atoms with Gasteiger partial charge in [-0.1, -0.05) is 6.07 Å². The molecule has 3 rings (SSSR count). The first-order valence-corrected chi connectivity index (χ1v) is 9.08. The van der Waals surface area contributed by atoms with E-state index in [-0.39, 0.29) is 16.9 Å². The van der Waals surface area contributed by atoms with Gasteiger partial charge >= 0.3 is 6.18 Å². The largest absolute Gasteiger partial charge is 0.483 e. The highest BCUT2D eigenvalue weighted by Gasteiger charge is 2.29. The molecule has 2 heterocycles. The van der Waals surface area contributed by atoms with E-state index in [1.165, 1.54) is 16.9 Å². The Balaban J connectivity index is 2.18. The molecule has 26 heavy (non-hydrogen) atoms. The Morgan fingerprint density at radius 2 is 2.00 bits per heavy atom. The molecule has 0 N–H and O–H groups in total. The lowest BCUT2D eigenvalue weighted by atomic mass is 10.0. The van der Waals surface area contributed by atoms with Gasteiger partial charge in [-0.25, -0.2) is 0 Å². The van der Waals surface area contributed by atoms with E-state index in [1.54, 1.807) is 43.2 Å². The van der Waals surface area contributed by atoms with Crippen LogP contribution in [0.2, 0.25) is 0 Å². The second-order valence-electron chi connectivity index (χ2n) is 5.79. The summed E-state index contributed by atoms with van der Waals surface area (Å²) in [6.45, 7) is -1.39. The molecule has 3 aromatic rings. The van der Waals surface area contributed by atoms with Crippen LogP contribution in [-0.2, 0) is 12.8 Å². The Morgan fingerprint density at radius 3 is 2.69 bits per heavy atom. The number of fused-ring (bicyclic) bond motifs is 1. The number of pyridine rings is 1. The Morgan fingerprint density at radius 1 is 1.23 bits per heavy atom. The molecule has 0 radical (unpaired) electrons. The molecular weight excluding hydrogens is 367 g/mol. The number of hydrogen-bond donors (Lipinski definition) is 0. The smallest absolute Gasteiger partial charge is 0.422 e. The van der Waals surface area contributed by atoms with E-state index in [0.29, 0.717) is 22.3 Å². The minimum absolute atomic E-state index is 0.105. The number of ether oxygens (including phenoxy) is 1. The molecule has 0 atom stereocenters. The van der Waals surface area contributed by atoms with Crippen LogP contribution in [0.15, 0.2) is 45.9 Å². The van der Waals surface area contributed by atoms with Crippen LogP contribution in [0.25, 0.3) is 22.1 Å². The van der Waals surface area contributed by atoms with Crippen molar-refractivity contribution in [1.29, 1.82) is 0 Å². The van der Waals surface area contributed by atoms with Crippen molar-refractivity contribution >= 4 is 22.7 Å². The van der Waals surface area contributed by atoms with Gasteiger partial charge in [0.2, 0.25) is 0 Å². The van der Waals surface area contributed by atoms with Crippen molar-refractivity contribution in [3.8, 4) is 16.9 Å². The van der Waals surface area contributed by atoms with Gasteiger partial charge in [0.25, 0.3) is 5.56 Å². The maximum Gasteiger partial charge on any atom is 0.422 e. The van der Waals surface area contributed by atoms with Crippen LogP contribution in [-0.4, -0.2) is 23.6 Å². The topological polar surface area (TPSA) is 44.4 Å². The predicted octanol–water partition coefficient (Wildman–Crippen LogP) is 4.60. The molecule has 1 aromatic carbocycles. The van der Waals surface area contributed by atoms with Crippen molar-refractivity contribution in [1.82, 2.24) is 4.57 Å². The first kappa shape index (κ1) is 18.4. The maximum atomic E-state index is 12.6. The molecular formula is C18H16F3NO3S. The van der Waals surface area contributed by atoms with Crippen LogP contribution >= 0.6 is 11.8 Å². The molecule has 0 saturated heterocycles. The van der Waals surface area contributed by atoms with Crippen LogP contribution in [0, 0.1) is 0 Å². The van der Waals surface area contributed by atoms with Crippen molar-refractivity contribution in [3.05, 3.63) is 52.6 Å². The van der Waals surface area contributed by atoms with Crippen molar-refractivity contribution in [2.75, 3.05) is 12.9 Å². The number of rotatable bonds is 5. The van der Waals surface area contributed by atoms with E-state index in [2.05, 4.69) is 0 Å². The number of aryl methyl sites for hydroxylation is 1. The summed E-state index contributed by atoms with van der Waals surface area (Å²) in [6, 6.07) is 6.68. The highest BCUT2D eigenvalue weighted by molar-refractivity contribution is 7.97. The number of aromatic nitrogens is 1. The second-order valence-corrected chi connectivity index (χ2v) is 6.66. The molecule has 0 fully saturated rings. The van der Waals surface area contributed by atoms with Gasteiger partial charge in [0, 0.05) is 35.5 Å². The monoisotopic (exact) mass is 383 g/mol. The van der Waals surface area contributed by atoms with E-state index in [9.17, 15) is 18.0 Å². The molecule has 0 aliphatic carbocycles. The number of halogens is 3. The van der Waals surface area contributed by atoms with Gasteiger partial charge in [-0.2, -0.15) is 24.9 Å². The van der Waals surface area contributed by atoms with Crippen LogP contribution in [0.3, 0.4) is 0 Å². The van der Waals surface area contributed by atoms with E-state index < -0.39 is 12.8 Å². The fourth-order valence-corrected chi connectivity index (χ4v) is 3.23. The van der Waals surface area contributed by atoms with Gasteiger partial charge in [-0.3, -0.25) is 4.79 Å². The molecule has 2 aromatic heterocycles. The Hall–Kier alpha value is -2.35. The summed E-state index contributed by atoms with van der Waals surface area (Å²) in [5.74, 6) is 0.806. The van der Waals surface area contributed by atoms with Gasteiger partial charge in [-0.15, -0.1) is 0 Å². The zero-order valence-electron chi connectivity index (χ0n) is 14.1. The number of nitrogens with zero attached hydrogens (tertiary/aromatic N) is 1. The van der Waals surface area contributed by atoms with Gasteiger partial charge < -0.3 is 13.7 Å². The third-order valence-corrected chi connectivity index (χ3v) is 4.45. The zero-order chi connectivity index (χ0) is 18.9. The standard InChI is InChI=1S/C18H16F3NO3S/c1-22-8-14(12-5-6-24-16(12)17(22)23)13-7-11(9-26-2)3-4-15(13)25-10-18(19,20)21/h3-8H,9-10H2,1-2H3. The Labute approximate surface area is 151 Å². The van der Waals surface area contributed by atoms with Crippen molar-refractivity contribution in [3.63, 3.8) is 0 Å². The number of thioether (sulfide) groups is 1. The lowest BCUT2D eigenvalue weighted by Crippen LogP contribution is -2.19. The highest BCUT2D eigenvalue weighted by atomic mass is 32.2. The average Bonchev–Trinajstić information content (AvgIpc) is 3.06. The molecule has 0 amide bonds. The molecule has 0 aliphatic rings. The summed E-state index contributed by atoms with van der Waals surface area (Å²) >= 11 is 1.60. The minimum Gasteiger partial charge on any atom is -0.483 e. The molecule has 0 unspecified atom stereocenters. The fourth-order valence-electron chi connectivity index (χ4n) is 2.71. The molecule has 0 aliphatic heterocycles. The van der Waals surface area contributed by atoms with Crippen LogP contribution in [0.5, 0.6) is 5.75 Å². The summed E-state index contributed by atoms with van der Waals surface area (Å²) in [5.41, 5.74) is 1.85. The molecule has 8 heteroatoms. The second kappa shape index (κ2) is 7.11. The van der Waals surface area contributed by atoms with Crippen LogP contribution in [0.1, 0.15) is 5.56 Å². The van der Waals surface area contributed by atoms with Crippen LogP contribution < -0.4 is 10.3 Å². The van der Waals surface area contributed by atoms with Gasteiger partial charge in [-0.05, 0) is 30.0 Å². The lowest BCUT2D eigenvalue weighted by Gasteiger charge is -2.15. The van der Waals surface area contributed by atoms with Gasteiger partial charge in [0.15, 0.2) is 12.2 Å². The van der Waals surface area contributed by atoms with E-state index in [1.807, 2.05) is 6.26 Å². The maximum absolute atomic E-state index is 12.6. The molecule has 0 spiro atoms. The highest BCUT2D eigenvalue weighted by Crippen LogP contribution is 2.36. The fraction of sp³-hybridized carbons (Fsp3) is 0.278. The average molecular weight is 383 g/mol. The van der Waals surface area contributed by atoms with Crippen molar-refractivity contribution in [2.45, 2.75) is 11.9 Å². The first-order chi connectivity index (χ1) is 12.3. The first-order valence-electron chi connectivity index (χ1n) is 7.69. The van der Waals surface area contributed by atoms with Crippen molar-refractivity contribution in [2.24, 2.45) is 7.05 Å². The zero-order valence-corrected chi connectivity index (χ0v) is 14.9. The Bertz CT molecular complexity index is 991. The van der Waals surface area contributed by atoms with E-state index in [4.69, 9.17) is 9.15 Å². The summed E-state index contributed by atoms with van der Waals surface area (Å²) in [5, 5.41) is 0.534. The van der Waals surface area contributed by atoms with Crippen LogP contribution in [0.4, 0.5) is 13.2 Å². The molecule has 138 valence electrons. The summed E-state index contributed by atoms with van der Waals surface area (Å²) in [6.07, 6.45) is 0.467. The SMILES string of the molecule is CSCc1ccc(OCC(F)(F)F)c(-c2cn(C)c(=O)c3occc23)c1. The summed E-state index contributed by atoms with van der Waals surface area (Å²) in [7, 11) is 1.57. The van der Waals surface area contributed by atoms with E-state index >= 15 is 0 Å². The Kier molecular flexibility index (Phi) is 5.04. The number of furan rings is 1. The summed E-state index contributed by atoms with van der Waals surface area (Å²) < 4.78 is 49.5. The van der Waals surface area contributed by atoms with Gasteiger partial charge in [0.1, 0.15) is 5.75 Å². The number of hydrogen-bond acceptors (Lipinski definition) is 4. The lowest BCUT2D eigenvalue weighted by molar-refractivity contribution is -0.153. The molecule has 0 bridgehead atoms. The predicted molar refractivity (Wildman–Crippen MR) is 95.7 cm³/mol. The van der Waals surface area contributed by atoms with Crippen molar-refractivity contribution < 1.29 is 22.3 Å². The molecule has 0 saturated carbocycles. The third-order valence-electron chi connectivity index (χ3n) is 3.83. The normalized spacial score (nSPS) is 11.9. The quantitative estimate of drug-likeness (QED) is 0.646. The van der Waals surface area contributed by atoms with E-state index in [0.717, 1.165) is 5.56 Å².